The summed E-state index contributed by atoms with van der Waals surface area (Å²) in [6, 6.07) is 17.4. The van der Waals surface area contributed by atoms with Crippen molar-refractivity contribution in [2.75, 3.05) is 39.8 Å². The van der Waals surface area contributed by atoms with E-state index in [2.05, 4.69) is 22.2 Å². The molecule has 1 saturated heterocycles. The number of carbonyl (C=O) groups excluding carboxylic acids is 1. The molecule has 0 atom stereocenters. The molecule has 0 saturated carbocycles. The third kappa shape index (κ3) is 5.77. The highest BCUT2D eigenvalue weighted by atomic mass is 32.1. The van der Waals surface area contributed by atoms with Crippen LogP contribution in [0, 0.1) is 0 Å². The van der Waals surface area contributed by atoms with Crippen LogP contribution in [0.1, 0.15) is 11.1 Å². The molecule has 3 rings (SSSR count). The van der Waals surface area contributed by atoms with Gasteiger partial charge in [0, 0.05) is 38.3 Å². The molecule has 0 bridgehead atoms. The maximum Gasteiger partial charge on any atom is 0.258 e. The Morgan fingerprint density at radius 2 is 1.70 bits per heavy atom. The first-order chi connectivity index (χ1) is 13.1. The van der Waals surface area contributed by atoms with Crippen LogP contribution in [0.25, 0.3) is 0 Å². The molecule has 0 spiro atoms. The molecule has 1 fully saturated rings. The van der Waals surface area contributed by atoms with Gasteiger partial charge in [0.2, 0.25) is 0 Å². The van der Waals surface area contributed by atoms with Crippen LogP contribution in [0.2, 0.25) is 0 Å². The van der Waals surface area contributed by atoms with Gasteiger partial charge in [0.15, 0.2) is 6.61 Å². The van der Waals surface area contributed by atoms with Gasteiger partial charge in [-0.15, -0.1) is 0 Å². The number of hydrogen-bond donors (Lipinski definition) is 1. The molecular formula is C21H25N3O2S. The fourth-order valence-electron chi connectivity index (χ4n) is 2.88. The van der Waals surface area contributed by atoms with E-state index < -0.39 is 0 Å². The Kier molecular flexibility index (Phi) is 6.79. The molecule has 2 aromatic rings. The number of carbonyl (C=O) groups is 1. The number of ether oxygens (including phenoxy) is 1. The van der Waals surface area contributed by atoms with Crippen LogP contribution < -0.4 is 10.1 Å². The predicted molar refractivity (Wildman–Crippen MR) is 111 cm³/mol. The van der Waals surface area contributed by atoms with Crippen molar-refractivity contribution < 1.29 is 9.53 Å². The van der Waals surface area contributed by atoms with Crippen molar-refractivity contribution in [3.8, 4) is 5.75 Å². The third-order valence-electron chi connectivity index (χ3n) is 4.59. The van der Waals surface area contributed by atoms with Crippen LogP contribution in [-0.2, 0) is 11.3 Å². The number of likely N-dealkylation sites (N-methyl/N-ethyl adjacent to an activating group) is 1. The van der Waals surface area contributed by atoms with Crippen LogP contribution >= 0.6 is 12.2 Å². The first-order valence-corrected chi connectivity index (χ1v) is 9.54. The second-order valence-electron chi connectivity index (χ2n) is 6.67. The average Bonchev–Trinajstić information content (AvgIpc) is 2.72. The zero-order valence-corrected chi connectivity index (χ0v) is 16.4. The summed E-state index contributed by atoms with van der Waals surface area (Å²) in [6.45, 7) is 4.46. The molecule has 0 aromatic heterocycles. The lowest BCUT2D eigenvalue weighted by Crippen LogP contribution is -2.46. The molecule has 5 nitrogen and oxygen atoms in total. The van der Waals surface area contributed by atoms with Crippen LogP contribution in [0.5, 0.6) is 5.75 Å². The molecule has 142 valence electrons. The molecule has 6 heteroatoms. The zero-order valence-electron chi connectivity index (χ0n) is 15.6. The maximum atomic E-state index is 11.9. The average molecular weight is 384 g/mol. The van der Waals surface area contributed by atoms with Crippen molar-refractivity contribution in [3.05, 3.63) is 65.7 Å². The molecule has 27 heavy (non-hydrogen) atoms. The fraction of sp³-hybridized carbons (Fsp3) is 0.333. The van der Waals surface area contributed by atoms with Crippen molar-refractivity contribution in [3.63, 3.8) is 0 Å². The molecule has 2 aromatic carbocycles. The summed E-state index contributed by atoms with van der Waals surface area (Å²) >= 11 is 5.61. The minimum Gasteiger partial charge on any atom is -0.484 e. The number of rotatable bonds is 6. The van der Waals surface area contributed by atoms with E-state index in [-0.39, 0.29) is 12.5 Å². The van der Waals surface area contributed by atoms with Gasteiger partial charge < -0.3 is 19.9 Å². The van der Waals surface area contributed by atoms with E-state index in [1.54, 1.807) is 0 Å². The van der Waals surface area contributed by atoms with E-state index in [1.165, 1.54) is 0 Å². The van der Waals surface area contributed by atoms with Gasteiger partial charge in [-0.05, 0) is 36.9 Å². The summed E-state index contributed by atoms with van der Waals surface area (Å²) in [7, 11) is 2.13. The number of benzene rings is 2. The van der Waals surface area contributed by atoms with E-state index in [0.29, 0.717) is 12.3 Å². The number of nitrogens with one attached hydrogen (secondary N) is 1. The van der Waals surface area contributed by atoms with Gasteiger partial charge in [-0.1, -0.05) is 42.5 Å². The highest BCUT2D eigenvalue weighted by Gasteiger charge is 2.17. The first-order valence-electron chi connectivity index (χ1n) is 9.13. The Bertz CT molecular complexity index is 757. The van der Waals surface area contributed by atoms with E-state index in [9.17, 15) is 4.79 Å². The minimum absolute atomic E-state index is 0.00487. The van der Waals surface area contributed by atoms with Crippen molar-refractivity contribution in [1.82, 2.24) is 15.1 Å². The summed E-state index contributed by atoms with van der Waals surface area (Å²) in [5.74, 6) is 0.519. The fourth-order valence-corrected chi connectivity index (χ4v) is 3.20. The van der Waals surface area contributed by atoms with E-state index in [1.807, 2.05) is 54.6 Å². The van der Waals surface area contributed by atoms with Crippen LogP contribution in [0.15, 0.2) is 54.6 Å². The smallest absolute Gasteiger partial charge is 0.258 e. The van der Waals surface area contributed by atoms with E-state index in [4.69, 9.17) is 17.0 Å². The second kappa shape index (κ2) is 9.48. The lowest BCUT2D eigenvalue weighted by atomic mass is 10.2. The highest BCUT2D eigenvalue weighted by Crippen LogP contribution is 2.15. The van der Waals surface area contributed by atoms with Gasteiger partial charge in [-0.25, -0.2) is 0 Å². The molecule has 1 amide bonds. The van der Waals surface area contributed by atoms with E-state index >= 15 is 0 Å². The molecular weight excluding hydrogens is 358 g/mol. The van der Waals surface area contributed by atoms with Crippen molar-refractivity contribution in [2.45, 2.75) is 6.54 Å². The maximum absolute atomic E-state index is 11.9. The molecule has 0 aliphatic carbocycles. The lowest BCUT2D eigenvalue weighted by Gasteiger charge is -2.34. The Hall–Kier alpha value is -2.44. The summed E-state index contributed by atoms with van der Waals surface area (Å²) in [4.78, 5) is 17.3. The van der Waals surface area contributed by atoms with Crippen molar-refractivity contribution >= 4 is 23.1 Å². The Morgan fingerprint density at radius 3 is 2.37 bits per heavy atom. The second-order valence-corrected chi connectivity index (χ2v) is 7.06. The lowest BCUT2D eigenvalue weighted by molar-refractivity contribution is -0.123. The SMILES string of the molecule is CN1CCN(C(=S)c2ccc(OCC(=O)NCc3ccccc3)cc2)CC1. The van der Waals surface area contributed by atoms with Crippen molar-refractivity contribution in [1.29, 1.82) is 0 Å². The van der Waals surface area contributed by atoms with Crippen LogP contribution in [-0.4, -0.2) is 60.5 Å². The Labute approximate surface area is 165 Å². The number of thiocarbonyl (C=S) groups is 1. The largest absolute Gasteiger partial charge is 0.484 e. The zero-order chi connectivity index (χ0) is 19.1. The van der Waals surface area contributed by atoms with Gasteiger partial charge in [0.1, 0.15) is 10.7 Å². The summed E-state index contributed by atoms with van der Waals surface area (Å²) in [5.41, 5.74) is 2.07. The standard InChI is InChI=1S/C21H25N3O2S/c1-23-11-13-24(14-12-23)21(27)18-7-9-19(10-8-18)26-16-20(25)22-15-17-5-3-2-4-6-17/h2-10H,11-16H2,1H3,(H,22,25). The van der Waals surface area contributed by atoms with Gasteiger partial charge in [-0.2, -0.15) is 0 Å². The van der Waals surface area contributed by atoms with Crippen LogP contribution in [0.3, 0.4) is 0 Å². The highest BCUT2D eigenvalue weighted by molar-refractivity contribution is 7.80. The minimum atomic E-state index is -0.143. The summed E-state index contributed by atoms with van der Waals surface area (Å²) < 4.78 is 5.57. The predicted octanol–water partition coefficient (Wildman–Crippen LogP) is 2.30. The van der Waals surface area contributed by atoms with Gasteiger partial charge in [-0.3, -0.25) is 4.79 Å². The number of amides is 1. The molecule has 1 heterocycles. The summed E-state index contributed by atoms with van der Waals surface area (Å²) in [5, 5.41) is 2.85. The molecule has 0 radical (unpaired) electrons. The number of hydrogen-bond acceptors (Lipinski definition) is 4. The Morgan fingerprint density at radius 1 is 1.04 bits per heavy atom. The van der Waals surface area contributed by atoms with E-state index in [0.717, 1.165) is 42.3 Å². The van der Waals surface area contributed by atoms with Crippen LogP contribution in [0.4, 0.5) is 0 Å². The summed E-state index contributed by atoms with van der Waals surface area (Å²) in [6.07, 6.45) is 0. The van der Waals surface area contributed by atoms with Crippen molar-refractivity contribution in [2.24, 2.45) is 0 Å². The third-order valence-corrected chi connectivity index (χ3v) is 5.09. The number of piperazine rings is 1. The Balaban J connectivity index is 1.44. The molecule has 1 aliphatic heterocycles. The molecule has 0 unspecified atom stereocenters. The number of nitrogens with zero attached hydrogens (tertiary/aromatic N) is 2. The van der Waals surface area contributed by atoms with Gasteiger partial charge in [0.25, 0.3) is 5.91 Å². The molecule has 1 aliphatic rings. The van der Waals surface area contributed by atoms with Gasteiger partial charge in [0.05, 0.1) is 0 Å². The molecule has 1 N–H and O–H groups in total. The monoisotopic (exact) mass is 383 g/mol. The first kappa shape index (κ1) is 19.3. The quantitative estimate of drug-likeness (QED) is 0.776. The topological polar surface area (TPSA) is 44.8 Å². The normalized spacial score (nSPS) is 14.6. The van der Waals surface area contributed by atoms with Gasteiger partial charge >= 0.3 is 0 Å².